The first-order chi connectivity index (χ1) is 16.5. The molecule has 4 rings (SSSR count). The van der Waals surface area contributed by atoms with E-state index < -0.39 is 5.97 Å². The Morgan fingerprint density at radius 3 is 2.65 bits per heavy atom. The quantitative estimate of drug-likeness (QED) is 0.334. The van der Waals surface area contributed by atoms with Gasteiger partial charge in [0.05, 0.1) is 37.5 Å². The number of hydrogen-bond acceptors (Lipinski definition) is 6. The van der Waals surface area contributed by atoms with Crippen LogP contribution in [-0.2, 0) is 11.3 Å². The van der Waals surface area contributed by atoms with Crippen LogP contribution in [0.15, 0.2) is 65.4 Å². The van der Waals surface area contributed by atoms with Crippen LogP contribution in [0.1, 0.15) is 46.9 Å². The third-order valence-electron chi connectivity index (χ3n) is 5.80. The summed E-state index contributed by atoms with van der Waals surface area (Å²) in [5, 5.41) is 6.96. The lowest BCUT2D eigenvalue weighted by Crippen LogP contribution is -2.17. The number of nitrogens with one attached hydrogen (secondary N) is 2. The molecule has 4 aromatic rings. The highest BCUT2D eigenvalue weighted by atomic mass is 16.5. The summed E-state index contributed by atoms with van der Waals surface area (Å²) in [4.78, 5) is 30.6. The van der Waals surface area contributed by atoms with E-state index >= 15 is 0 Å². The average Bonchev–Trinajstić information content (AvgIpc) is 3.49. The zero-order chi connectivity index (χ0) is 24.1. The number of furan rings is 1. The SMILES string of the molecule is CCC(C)CNc1cnc2c(c1)c(NC(=O)c1ccccc1)c(C(=O)OC)n2Cc1ccco1. The van der Waals surface area contributed by atoms with Crippen LogP contribution < -0.4 is 10.6 Å². The van der Waals surface area contributed by atoms with Crippen molar-refractivity contribution in [2.45, 2.75) is 26.8 Å². The molecule has 0 bridgehead atoms. The molecule has 0 saturated heterocycles. The number of pyridine rings is 1. The summed E-state index contributed by atoms with van der Waals surface area (Å²) in [6, 6.07) is 14.3. The van der Waals surface area contributed by atoms with Gasteiger partial charge in [0.25, 0.3) is 5.91 Å². The number of benzene rings is 1. The second-order valence-corrected chi connectivity index (χ2v) is 8.19. The number of hydrogen-bond donors (Lipinski definition) is 2. The highest BCUT2D eigenvalue weighted by molar-refractivity contribution is 6.14. The summed E-state index contributed by atoms with van der Waals surface area (Å²) >= 11 is 0. The van der Waals surface area contributed by atoms with E-state index in [1.54, 1.807) is 47.4 Å². The lowest BCUT2D eigenvalue weighted by Gasteiger charge is -2.11. The Balaban J connectivity index is 1.85. The third kappa shape index (κ3) is 4.80. The Morgan fingerprint density at radius 2 is 1.97 bits per heavy atom. The molecule has 1 amide bonds. The van der Waals surface area contributed by atoms with E-state index in [1.165, 1.54) is 7.11 Å². The normalized spacial score (nSPS) is 11.9. The predicted octanol–water partition coefficient (Wildman–Crippen LogP) is 5.17. The molecule has 0 aliphatic heterocycles. The number of aromatic nitrogens is 2. The summed E-state index contributed by atoms with van der Waals surface area (Å²) in [7, 11) is 1.31. The number of esters is 1. The van der Waals surface area contributed by atoms with Crippen LogP contribution in [0.4, 0.5) is 11.4 Å². The second-order valence-electron chi connectivity index (χ2n) is 8.19. The first-order valence-corrected chi connectivity index (χ1v) is 11.2. The number of carbonyl (C=O) groups excluding carboxylic acids is 2. The van der Waals surface area contributed by atoms with Crippen molar-refractivity contribution in [1.29, 1.82) is 0 Å². The number of amides is 1. The number of fused-ring (bicyclic) bond motifs is 1. The molecule has 176 valence electrons. The Morgan fingerprint density at radius 1 is 1.18 bits per heavy atom. The van der Waals surface area contributed by atoms with Crippen molar-refractivity contribution in [3.05, 3.63) is 78.0 Å². The first-order valence-electron chi connectivity index (χ1n) is 11.2. The number of ether oxygens (including phenoxy) is 1. The molecule has 3 aromatic heterocycles. The van der Waals surface area contributed by atoms with E-state index in [0.717, 1.165) is 18.7 Å². The van der Waals surface area contributed by atoms with E-state index in [9.17, 15) is 9.59 Å². The fourth-order valence-electron chi connectivity index (χ4n) is 3.68. The molecule has 0 saturated carbocycles. The fraction of sp³-hybridized carbons (Fsp3) is 0.269. The van der Waals surface area contributed by atoms with Gasteiger partial charge in [0.2, 0.25) is 0 Å². The number of anilines is 2. The zero-order valence-corrected chi connectivity index (χ0v) is 19.5. The van der Waals surface area contributed by atoms with Crippen LogP contribution in [0.3, 0.4) is 0 Å². The Hall–Kier alpha value is -4.07. The van der Waals surface area contributed by atoms with Crippen molar-refractivity contribution in [2.24, 2.45) is 5.92 Å². The minimum absolute atomic E-state index is 0.199. The van der Waals surface area contributed by atoms with Crippen LogP contribution in [0, 0.1) is 5.92 Å². The van der Waals surface area contributed by atoms with E-state index in [1.807, 2.05) is 18.2 Å². The minimum Gasteiger partial charge on any atom is -0.467 e. The van der Waals surface area contributed by atoms with Gasteiger partial charge in [0, 0.05) is 17.5 Å². The van der Waals surface area contributed by atoms with Crippen molar-refractivity contribution in [3.63, 3.8) is 0 Å². The minimum atomic E-state index is -0.581. The van der Waals surface area contributed by atoms with Gasteiger partial charge in [-0.3, -0.25) is 4.79 Å². The molecule has 1 atom stereocenters. The van der Waals surface area contributed by atoms with Crippen LogP contribution in [0.25, 0.3) is 11.0 Å². The van der Waals surface area contributed by atoms with E-state index in [-0.39, 0.29) is 18.1 Å². The molecule has 0 aliphatic rings. The van der Waals surface area contributed by atoms with Crippen LogP contribution in [-0.4, -0.2) is 35.1 Å². The van der Waals surface area contributed by atoms with Gasteiger partial charge in [0.1, 0.15) is 11.4 Å². The van der Waals surface area contributed by atoms with Gasteiger partial charge in [-0.05, 0) is 36.2 Å². The Labute approximate surface area is 197 Å². The number of methoxy groups -OCH3 is 1. The molecule has 0 radical (unpaired) electrons. The number of rotatable bonds is 9. The smallest absolute Gasteiger partial charge is 0.356 e. The monoisotopic (exact) mass is 460 g/mol. The Bertz CT molecular complexity index is 1280. The molecule has 8 nitrogen and oxygen atoms in total. The fourth-order valence-corrected chi connectivity index (χ4v) is 3.68. The molecule has 3 heterocycles. The largest absolute Gasteiger partial charge is 0.467 e. The predicted molar refractivity (Wildman–Crippen MR) is 131 cm³/mol. The number of carbonyl (C=O) groups is 2. The maximum absolute atomic E-state index is 13.1. The first kappa shape index (κ1) is 23.1. The molecule has 0 aliphatic carbocycles. The summed E-state index contributed by atoms with van der Waals surface area (Å²) in [5.74, 6) is 0.216. The average molecular weight is 461 g/mol. The zero-order valence-electron chi connectivity index (χ0n) is 19.5. The van der Waals surface area contributed by atoms with Crippen LogP contribution in [0.5, 0.6) is 0 Å². The van der Waals surface area contributed by atoms with Crippen molar-refractivity contribution in [3.8, 4) is 0 Å². The van der Waals surface area contributed by atoms with Gasteiger partial charge in [0.15, 0.2) is 5.69 Å². The standard InChI is InChI=1S/C26H28N4O4/c1-4-17(2)14-27-19-13-21-22(29-25(31)18-9-6-5-7-10-18)23(26(32)33-3)30(24(21)28-15-19)16-20-11-8-12-34-20/h5-13,15,17,27H,4,14,16H2,1-3H3,(H,29,31). The Kier molecular flexibility index (Phi) is 6.96. The lowest BCUT2D eigenvalue weighted by molar-refractivity contribution is 0.0590. The van der Waals surface area contributed by atoms with Crippen molar-refractivity contribution in [1.82, 2.24) is 9.55 Å². The number of nitrogens with zero attached hydrogens (tertiary/aromatic N) is 2. The maximum atomic E-state index is 13.1. The van der Waals surface area contributed by atoms with Gasteiger partial charge in [-0.2, -0.15) is 0 Å². The summed E-state index contributed by atoms with van der Waals surface area (Å²) in [5.41, 5.74) is 2.36. The van der Waals surface area contributed by atoms with E-state index in [0.29, 0.717) is 34.0 Å². The van der Waals surface area contributed by atoms with Gasteiger partial charge >= 0.3 is 5.97 Å². The highest BCUT2D eigenvalue weighted by Crippen LogP contribution is 2.33. The molecule has 2 N–H and O–H groups in total. The van der Waals surface area contributed by atoms with Crippen molar-refractivity contribution < 1.29 is 18.7 Å². The molecule has 1 unspecified atom stereocenters. The molecular weight excluding hydrogens is 432 g/mol. The van der Waals surface area contributed by atoms with Crippen molar-refractivity contribution >= 4 is 34.3 Å². The van der Waals surface area contributed by atoms with Crippen LogP contribution in [0.2, 0.25) is 0 Å². The van der Waals surface area contributed by atoms with Gasteiger partial charge in [-0.15, -0.1) is 0 Å². The second kappa shape index (κ2) is 10.2. The molecule has 0 fully saturated rings. The maximum Gasteiger partial charge on any atom is 0.356 e. The van der Waals surface area contributed by atoms with E-state index in [2.05, 4.69) is 29.5 Å². The molecule has 34 heavy (non-hydrogen) atoms. The highest BCUT2D eigenvalue weighted by Gasteiger charge is 2.27. The summed E-state index contributed by atoms with van der Waals surface area (Å²) in [6.45, 7) is 5.34. The molecule has 1 aromatic carbocycles. The van der Waals surface area contributed by atoms with Gasteiger partial charge in [-0.1, -0.05) is 38.5 Å². The summed E-state index contributed by atoms with van der Waals surface area (Å²) < 4.78 is 12.3. The lowest BCUT2D eigenvalue weighted by atomic mass is 10.1. The van der Waals surface area contributed by atoms with Crippen molar-refractivity contribution in [2.75, 3.05) is 24.3 Å². The van der Waals surface area contributed by atoms with Crippen LogP contribution >= 0.6 is 0 Å². The summed E-state index contributed by atoms with van der Waals surface area (Å²) in [6.07, 6.45) is 4.35. The van der Waals surface area contributed by atoms with Gasteiger partial charge in [-0.25, -0.2) is 9.78 Å². The van der Waals surface area contributed by atoms with Gasteiger partial charge < -0.3 is 24.4 Å². The molecular formula is C26H28N4O4. The topological polar surface area (TPSA) is 98.4 Å². The molecule has 8 heteroatoms. The van der Waals surface area contributed by atoms with E-state index in [4.69, 9.17) is 9.15 Å². The third-order valence-corrected chi connectivity index (χ3v) is 5.80. The molecule has 0 spiro atoms.